The summed E-state index contributed by atoms with van der Waals surface area (Å²) >= 11 is 0. The summed E-state index contributed by atoms with van der Waals surface area (Å²) in [6.45, 7) is 11.4. The van der Waals surface area contributed by atoms with Gasteiger partial charge >= 0.3 is 17.9 Å². The Morgan fingerprint density at radius 1 is 0.356 bits per heavy atom. The van der Waals surface area contributed by atoms with Crippen LogP contribution in [0.25, 0.3) is 0 Å². The van der Waals surface area contributed by atoms with Gasteiger partial charge in [-0.25, -0.2) is 0 Å². The number of hydrogen-bond donors (Lipinski definition) is 0. The second kappa shape index (κ2) is 45.9. The molecule has 0 aliphatic carbocycles. The molecule has 0 aromatic rings. The van der Waals surface area contributed by atoms with Gasteiger partial charge in [0.2, 0.25) is 0 Å². The Balaban J connectivity index is 4.26. The lowest BCUT2D eigenvalue weighted by molar-refractivity contribution is -0.167. The van der Waals surface area contributed by atoms with Crippen molar-refractivity contribution in [2.75, 3.05) is 13.2 Å². The van der Waals surface area contributed by atoms with Gasteiger partial charge in [-0.2, -0.15) is 0 Å². The van der Waals surface area contributed by atoms with Crippen molar-refractivity contribution in [1.82, 2.24) is 0 Å². The maximum Gasteiger partial charge on any atom is 0.306 e. The first-order valence-electron chi connectivity index (χ1n) is 26.3. The third kappa shape index (κ3) is 45.8. The van der Waals surface area contributed by atoms with Crippen molar-refractivity contribution in [3.63, 3.8) is 0 Å². The van der Waals surface area contributed by atoms with Crippen molar-refractivity contribution in [3.8, 4) is 0 Å². The van der Waals surface area contributed by atoms with Crippen molar-refractivity contribution < 1.29 is 28.6 Å². The highest BCUT2D eigenvalue weighted by Gasteiger charge is 2.19. The van der Waals surface area contributed by atoms with Gasteiger partial charge in [-0.15, -0.1) is 0 Å². The van der Waals surface area contributed by atoms with Gasteiger partial charge in [0, 0.05) is 19.3 Å². The molecule has 0 amide bonds. The van der Waals surface area contributed by atoms with Gasteiger partial charge in [0.25, 0.3) is 0 Å². The molecule has 2 atom stereocenters. The number of unbranched alkanes of at least 4 members (excludes halogenated alkanes) is 31. The van der Waals surface area contributed by atoms with E-state index in [1.807, 2.05) is 0 Å². The van der Waals surface area contributed by atoms with Crippen LogP contribution in [-0.2, 0) is 28.6 Å². The van der Waals surface area contributed by atoms with E-state index in [9.17, 15) is 14.4 Å². The summed E-state index contributed by atoms with van der Waals surface area (Å²) < 4.78 is 16.8. The van der Waals surface area contributed by atoms with Crippen molar-refractivity contribution in [1.29, 1.82) is 0 Å². The topological polar surface area (TPSA) is 78.9 Å². The summed E-state index contributed by atoms with van der Waals surface area (Å²) in [5.74, 6) is 0.806. The molecule has 0 fully saturated rings. The van der Waals surface area contributed by atoms with E-state index in [0.717, 1.165) is 69.6 Å². The Hall–Kier alpha value is -1.59. The van der Waals surface area contributed by atoms with Gasteiger partial charge in [0.1, 0.15) is 13.2 Å². The zero-order valence-electron chi connectivity index (χ0n) is 40.4. The molecule has 59 heavy (non-hydrogen) atoms. The van der Waals surface area contributed by atoms with E-state index in [1.54, 1.807) is 0 Å². The lowest BCUT2D eigenvalue weighted by Gasteiger charge is -2.18. The molecule has 0 bridgehead atoms. The van der Waals surface area contributed by atoms with Crippen molar-refractivity contribution in [2.45, 2.75) is 298 Å². The molecule has 350 valence electrons. The standard InChI is InChI=1S/C53H102O6/c1-6-8-9-10-11-12-13-14-18-21-24-27-33-38-43-51(54)57-46-50(47-58-52(55)44-39-34-30-29-31-36-41-48(3)4)59-53(56)45-40-35-28-25-22-19-16-15-17-20-23-26-32-37-42-49(5)7-2/h48-50H,6-47H2,1-5H3/t49?,50-/m0/s1. The highest BCUT2D eigenvalue weighted by Crippen LogP contribution is 2.18. The summed E-state index contributed by atoms with van der Waals surface area (Å²) in [5, 5.41) is 0. The number of ether oxygens (including phenoxy) is 3. The van der Waals surface area contributed by atoms with Crippen LogP contribution in [0.1, 0.15) is 291 Å². The summed E-state index contributed by atoms with van der Waals surface area (Å²) in [5.41, 5.74) is 0. The summed E-state index contributed by atoms with van der Waals surface area (Å²) in [6.07, 6.45) is 46.7. The smallest absolute Gasteiger partial charge is 0.306 e. The fraction of sp³-hybridized carbons (Fsp3) is 0.943. The number of hydrogen-bond acceptors (Lipinski definition) is 6. The van der Waals surface area contributed by atoms with Gasteiger partial charge in [0.15, 0.2) is 6.10 Å². The number of rotatable bonds is 47. The molecule has 0 rings (SSSR count). The predicted octanol–water partition coefficient (Wildman–Crippen LogP) is 16.9. The van der Waals surface area contributed by atoms with Gasteiger partial charge < -0.3 is 14.2 Å². The zero-order chi connectivity index (χ0) is 43.3. The first-order valence-corrected chi connectivity index (χ1v) is 26.3. The molecular weight excluding hydrogens is 733 g/mol. The van der Waals surface area contributed by atoms with Gasteiger partial charge in [0.05, 0.1) is 0 Å². The fourth-order valence-corrected chi connectivity index (χ4v) is 7.96. The van der Waals surface area contributed by atoms with Crippen LogP contribution in [-0.4, -0.2) is 37.2 Å². The van der Waals surface area contributed by atoms with Crippen molar-refractivity contribution in [3.05, 3.63) is 0 Å². The molecule has 0 aromatic carbocycles. The Morgan fingerprint density at radius 3 is 0.966 bits per heavy atom. The van der Waals surface area contributed by atoms with Crippen LogP contribution in [0.3, 0.4) is 0 Å². The molecule has 0 radical (unpaired) electrons. The molecule has 0 aromatic heterocycles. The highest BCUT2D eigenvalue weighted by atomic mass is 16.6. The Bertz CT molecular complexity index is 902. The van der Waals surface area contributed by atoms with Crippen LogP contribution < -0.4 is 0 Å². The van der Waals surface area contributed by atoms with E-state index >= 15 is 0 Å². The molecule has 1 unspecified atom stereocenters. The second-order valence-electron chi connectivity index (χ2n) is 18.9. The maximum atomic E-state index is 12.8. The molecule has 0 saturated carbocycles. The quantitative estimate of drug-likeness (QED) is 0.0345. The predicted molar refractivity (Wildman–Crippen MR) is 252 cm³/mol. The van der Waals surface area contributed by atoms with Crippen LogP contribution in [0, 0.1) is 11.8 Å². The highest BCUT2D eigenvalue weighted by molar-refractivity contribution is 5.71. The van der Waals surface area contributed by atoms with E-state index in [2.05, 4.69) is 34.6 Å². The Labute approximate surface area is 368 Å². The Kier molecular flexibility index (Phi) is 44.7. The van der Waals surface area contributed by atoms with Crippen LogP contribution in [0.2, 0.25) is 0 Å². The van der Waals surface area contributed by atoms with Crippen molar-refractivity contribution in [2.24, 2.45) is 11.8 Å². The number of carbonyl (C=O) groups excluding carboxylic acids is 3. The zero-order valence-corrected chi connectivity index (χ0v) is 40.4. The summed E-state index contributed by atoms with van der Waals surface area (Å²) in [4.78, 5) is 37.9. The summed E-state index contributed by atoms with van der Waals surface area (Å²) in [6, 6.07) is 0. The first-order chi connectivity index (χ1) is 28.8. The van der Waals surface area contributed by atoms with Crippen LogP contribution in [0.5, 0.6) is 0 Å². The average molecular weight is 835 g/mol. The van der Waals surface area contributed by atoms with Crippen LogP contribution >= 0.6 is 0 Å². The number of carbonyl (C=O) groups is 3. The molecule has 0 heterocycles. The molecule has 0 aliphatic heterocycles. The Morgan fingerprint density at radius 2 is 0.644 bits per heavy atom. The minimum Gasteiger partial charge on any atom is -0.462 e. The average Bonchev–Trinajstić information content (AvgIpc) is 3.22. The fourth-order valence-electron chi connectivity index (χ4n) is 7.96. The lowest BCUT2D eigenvalue weighted by atomic mass is 9.99. The number of esters is 3. The van der Waals surface area contributed by atoms with Crippen molar-refractivity contribution >= 4 is 17.9 Å². The molecule has 0 spiro atoms. The van der Waals surface area contributed by atoms with Crippen LogP contribution in [0.15, 0.2) is 0 Å². The minimum atomic E-state index is -0.762. The molecule has 0 aliphatic rings. The third-order valence-electron chi connectivity index (χ3n) is 12.3. The minimum absolute atomic E-state index is 0.0643. The molecular formula is C53H102O6. The molecule has 0 N–H and O–H groups in total. The normalized spacial score (nSPS) is 12.5. The lowest BCUT2D eigenvalue weighted by Crippen LogP contribution is -2.30. The van der Waals surface area contributed by atoms with E-state index < -0.39 is 6.10 Å². The van der Waals surface area contributed by atoms with E-state index in [1.165, 1.54) is 180 Å². The SMILES string of the molecule is CCCCCCCCCCCCCCCCC(=O)OC[C@@H](COC(=O)CCCCCCCCC(C)C)OC(=O)CCCCCCCCCCCCCCCCC(C)CC. The third-order valence-corrected chi connectivity index (χ3v) is 12.3. The van der Waals surface area contributed by atoms with E-state index in [-0.39, 0.29) is 31.1 Å². The van der Waals surface area contributed by atoms with Gasteiger partial charge in [-0.1, -0.05) is 253 Å². The van der Waals surface area contributed by atoms with E-state index in [0.29, 0.717) is 19.3 Å². The summed E-state index contributed by atoms with van der Waals surface area (Å²) in [7, 11) is 0. The van der Waals surface area contributed by atoms with E-state index in [4.69, 9.17) is 14.2 Å². The maximum absolute atomic E-state index is 12.8. The molecule has 6 nitrogen and oxygen atoms in total. The van der Waals surface area contributed by atoms with Crippen LogP contribution in [0.4, 0.5) is 0 Å². The molecule has 0 saturated heterocycles. The first kappa shape index (κ1) is 57.4. The largest absolute Gasteiger partial charge is 0.462 e. The van der Waals surface area contributed by atoms with Gasteiger partial charge in [-0.05, 0) is 31.1 Å². The van der Waals surface area contributed by atoms with Gasteiger partial charge in [-0.3, -0.25) is 14.4 Å². The second-order valence-corrected chi connectivity index (χ2v) is 18.9. The molecule has 6 heteroatoms. The monoisotopic (exact) mass is 835 g/mol.